The highest BCUT2D eigenvalue weighted by atomic mass is 35.5. The van der Waals surface area contributed by atoms with Crippen molar-refractivity contribution in [1.82, 2.24) is 9.80 Å². The number of benzene rings is 1. The lowest BCUT2D eigenvalue weighted by molar-refractivity contribution is -0.129. The first kappa shape index (κ1) is 16.9. The minimum absolute atomic E-state index is 0.111. The molecule has 1 aromatic rings. The van der Waals surface area contributed by atoms with E-state index in [0.717, 1.165) is 42.8 Å². The summed E-state index contributed by atoms with van der Waals surface area (Å²) in [6.07, 6.45) is 5.16. The first-order chi connectivity index (χ1) is 11.5. The van der Waals surface area contributed by atoms with Gasteiger partial charge in [-0.15, -0.1) is 0 Å². The summed E-state index contributed by atoms with van der Waals surface area (Å²) in [4.78, 5) is 16.7. The third-order valence-corrected chi connectivity index (χ3v) is 5.00. The molecule has 5 nitrogen and oxygen atoms in total. The van der Waals surface area contributed by atoms with Crippen molar-refractivity contribution < 1.29 is 9.90 Å². The average Bonchev–Trinajstić information content (AvgIpc) is 2.60. The normalized spacial score (nSPS) is 19.0. The minimum Gasteiger partial charge on any atom is -0.506 e. The standard InChI is InChI=1S/C18H22ClN3O2/c19-17-14(2-1-3-16(17)23)12-21-8-10-22(11-9-21)18(24)13-4-6-15(20)7-5-13/h1-4,6,23H,5,7-12,20H2. The van der Waals surface area contributed by atoms with Crippen molar-refractivity contribution >= 4 is 17.5 Å². The smallest absolute Gasteiger partial charge is 0.249 e. The molecule has 3 N–H and O–H groups in total. The van der Waals surface area contributed by atoms with Crippen molar-refractivity contribution in [2.75, 3.05) is 26.2 Å². The second-order valence-corrected chi connectivity index (χ2v) is 6.63. The number of phenols is 1. The molecule has 0 atom stereocenters. The number of halogens is 1. The fourth-order valence-electron chi connectivity index (χ4n) is 3.07. The molecule has 1 aliphatic heterocycles. The topological polar surface area (TPSA) is 69.8 Å². The van der Waals surface area contributed by atoms with Gasteiger partial charge in [0.2, 0.25) is 5.91 Å². The van der Waals surface area contributed by atoms with Crippen LogP contribution in [0.1, 0.15) is 18.4 Å². The Labute approximate surface area is 147 Å². The number of amides is 1. The Kier molecular flexibility index (Phi) is 5.11. The number of carbonyl (C=O) groups excluding carboxylic acids is 1. The summed E-state index contributed by atoms with van der Waals surface area (Å²) in [6.45, 7) is 3.67. The maximum Gasteiger partial charge on any atom is 0.249 e. The largest absolute Gasteiger partial charge is 0.506 e. The Hall–Kier alpha value is -1.98. The summed E-state index contributed by atoms with van der Waals surface area (Å²) < 4.78 is 0. The molecule has 6 heteroatoms. The van der Waals surface area contributed by atoms with Crippen molar-refractivity contribution in [3.05, 3.63) is 52.2 Å². The Balaban J connectivity index is 1.56. The van der Waals surface area contributed by atoms with E-state index >= 15 is 0 Å². The van der Waals surface area contributed by atoms with E-state index in [1.807, 2.05) is 23.1 Å². The van der Waals surface area contributed by atoms with Gasteiger partial charge in [-0.05, 0) is 30.5 Å². The molecule has 2 aliphatic rings. The van der Waals surface area contributed by atoms with E-state index in [1.165, 1.54) is 0 Å². The molecule has 0 aromatic heterocycles. The zero-order valence-corrected chi connectivity index (χ0v) is 14.3. The van der Waals surface area contributed by atoms with Crippen LogP contribution < -0.4 is 5.73 Å². The molecule has 1 amide bonds. The summed E-state index contributed by atoms with van der Waals surface area (Å²) in [5.74, 6) is 0.230. The molecule has 1 aromatic carbocycles. The summed E-state index contributed by atoms with van der Waals surface area (Å²) in [5, 5.41) is 10.1. The number of phenolic OH excluding ortho intramolecular Hbond substituents is 1. The molecule has 128 valence electrons. The Morgan fingerprint density at radius 1 is 1.17 bits per heavy atom. The number of allylic oxidation sites excluding steroid dienone is 3. The van der Waals surface area contributed by atoms with Crippen LogP contribution in [0.3, 0.4) is 0 Å². The Morgan fingerprint density at radius 2 is 1.92 bits per heavy atom. The van der Waals surface area contributed by atoms with Gasteiger partial charge < -0.3 is 15.7 Å². The number of aromatic hydroxyl groups is 1. The van der Waals surface area contributed by atoms with Crippen molar-refractivity contribution in [2.24, 2.45) is 5.73 Å². The first-order valence-corrected chi connectivity index (χ1v) is 8.55. The lowest BCUT2D eigenvalue weighted by atomic mass is 10.0. The quantitative estimate of drug-likeness (QED) is 0.880. The van der Waals surface area contributed by atoms with Gasteiger partial charge in [0.25, 0.3) is 0 Å². The van der Waals surface area contributed by atoms with E-state index in [4.69, 9.17) is 17.3 Å². The molecule has 0 spiro atoms. The molecule has 1 heterocycles. The predicted molar refractivity (Wildman–Crippen MR) is 94.6 cm³/mol. The van der Waals surface area contributed by atoms with Crippen LogP contribution in [0.4, 0.5) is 0 Å². The molecule has 0 saturated carbocycles. The van der Waals surface area contributed by atoms with Crippen molar-refractivity contribution in [1.29, 1.82) is 0 Å². The van der Waals surface area contributed by atoms with Crippen LogP contribution in [0.15, 0.2) is 41.6 Å². The van der Waals surface area contributed by atoms with Crippen LogP contribution in [0.2, 0.25) is 5.02 Å². The molecule has 1 aliphatic carbocycles. The van der Waals surface area contributed by atoms with Crippen molar-refractivity contribution in [3.63, 3.8) is 0 Å². The van der Waals surface area contributed by atoms with Gasteiger partial charge in [0.1, 0.15) is 5.75 Å². The third-order valence-electron chi connectivity index (χ3n) is 4.57. The minimum atomic E-state index is 0.111. The molecule has 3 rings (SSSR count). The van der Waals surface area contributed by atoms with Crippen molar-refractivity contribution in [3.8, 4) is 5.75 Å². The molecular weight excluding hydrogens is 326 g/mol. The van der Waals surface area contributed by atoms with Crippen LogP contribution in [-0.4, -0.2) is 47.0 Å². The molecule has 1 fully saturated rings. The second kappa shape index (κ2) is 7.28. The number of hydrogen-bond donors (Lipinski definition) is 2. The summed E-state index contributed by atoms with van der Waals surface area (Å²) in [7, 11) is 0. The number of piperazine rings is 1. The summed E-state index contributed by atoms with van der Waals surface area (Å²) >= 11 is 6.14. The first-order valence-electron chi connectivity index (χ1n) is 8.18. The zero-order valence-electron chi connectivity index (χ0n) is 13.5. The van der Waals surface area contributed by atoms with Gasteiger partial charge in [-0.2, -0.15) is 0 Å². The van der Waals surface area contributed by atoms with Crippen LogP contribution in [0.25, 0.3) is 0 Å². The Morgan fingerprint density at radius 3 is 2.58 bits per heavy atom. The monoisotopic (exact) mass is 347 g/mol. The lowest BCUT2D eigenvalue weighted by Gasteiger charge is -2.35. The lowest BCUT2D eigenvalue weighted by Crippen LogP contribution is -2.48. The van der Waals surface area contributed by atoms with E-state index in [2.05, 4.69) is 4.90 Å². The van der Waals surface area contributed by atoms with Crippen LogP contribution >= 0.6 is 11.6 Å². The fraction of sp³-hybridized carbons (Fsp3) is 0.389. The molecular formula is C18H22ClN3O2. The summed E-state index contributed by atoms with van der Waals surface area (Å²) in [6, 6.07) is 5.30. The average molecular weight is 348 g/mol. The maximum absolute atomic E-state index is 12.5. The number of rotatable bonds is 3. The Bertz CT molecular complexity index is 692. The number of hydrogen-bond acceptors (Lipinski definition) is 4. The van der Waals surface area contributed by atoms with Crippen LogP contribution in [0.5, 0.6) is 5.75 Å². The van der Waals surface area contributed by atoms with Gasteiger partial charge >= 0.3 is 0 Å². The van der Waals surface area contributed by atoms with E-state index in [0.29, 0.717) is 24.7 Å². The number of nitrogens with zero attached hydrogens (tertiary/aromatic N) is 2. The highest BCUT2D eigenvalue weighted by molar-refractivity contribution is 6.32. The van der Waals surface area contributed by atoms with Gasteiger partial charge in [-0.1, -0.05) is 29.8 Å². The SMILES string of the molecule is NC1=CC=C(C(=O)N2CCN(Cc3cccc(O)c3Cl)CC2)CC1. The molecule has 24 heavy (non-hydrogen) atoms. The van der Waals surface area contributed by atoms with E-state index in [1.54, 1.807) is 12.1 Å². The van der Waals surface area contributed by atoms with Gasteiger partial charge in [0.05, 0.1) is 5.02 Å². The number of carbonyl (C=O) groups is 1. The molecule has 0 radical (unpaired) electrons. The van der Waals surface area contributed by atoms with E-state index < -0.39 is 0 Å². The molecule has 1 saturated heterocycles. The highest BCUT2D eigenvalue weighted by Crippen LogP contribution is 2.28. The highest BCUT2D eigenvalue weighted by Gasteiger charge is 2.24. The van der Waals surface area contributed by atoms with Gasteiger partial charge in [-0.3, -0.25) is 9.69 Å². The molecule has 0 bridgehead atoms. The van der Waals surface area contributed by atoms with Gasteiger partial charge in [0.15, 0.2) is 0 Å². The fourth-order valence-corrected chi connectivity index (χ4v) is 3.26. The van der Waals surface area contributed by atoms with Crippen LogP contribution in [0, 0.1) is 0 Å². The van der Waals surface area contributed by atoms with E-state index in [-0.39, 0.29) is 11.7 Å². The van der Waals surface area contributed by atoms with Gasteiger partial charge in [0, 0.05) is 44.0 Å². The summed E-state index contributed by atoms with van der Waals surface area (Å²) in [5.41, 5.74) is 8.33. The second-order valence-electron chi connectivity index (χ2n) is 6.25. The van der Waals surface area contributed by atoms with Crippen molar-refractivity contribution in [2.45, 2.75) is 19.4 Å². The third kappa shape index (κ3) is 3.74. The maximum atomic E-state index is 12.5. The zero-order chi connectivity index (χ0) is 17.1. The van der Waals surface area contributed by atoms with Gasteiger partial charge in [-0.25, -0.2) is 0 Å². The van der Waals surface area contributed by atoms with Crippen LogP contribution in [-0.2, 0) is 11.3 Å². The number of nitrogens with two attached hydrogens (primary N) is 1. The molecule has 0 unspecified atom stereocenters. The predicted octanol–water partition coefficient (Wildman–Crippen LogP) is 2.25. The van der Waals surface area contributed by atoms with E-state index in [9.17, 15) is 9.90 Å².